The first-order valence-corrected chi connectivity index (χ1v) is 7.74. The second-order valence-electron chi connectivity index (χ2n) is 5.22. The van der Waals surface area contributed by atoms with Gasteiger partial charge in [-0.05, 0) is 34.9 Å². The van der Waals surface area contributed by atoms with Gasteiger partial charge in [-0.2, -0.15) is 0 Å². The van der Waals surface area contributed by atoms with E-state index in [-0.39, 0.29) is 5.56 Å². The Balaban J connectivity index is 1.79. The van der Waals surface area contributed by atoms with Gasteiger partial charge in [-0.1, -0.05) is 66.2 Å². The number of hydrogen-bond donors (Lipinski definition) is 1. The minimum atomic E-state index is -1.01. The van der Waals surface area contributed by atoms with Gasteiger partial charge in [0, 0.05) is 6.21 Å². The summed E-state index contributed by atoms with van der Waals surface area (Å²) in [4.78, 5) is 15.2. The number of carbonyl (C=O) groups is 1. The highest BCUT2D eigenvalue weighted by Crippen LogP contribution is 2.26. The highest BCUT2D eigenvalue weighted by atomic mass is 35.5. The van der Waals surface area contributed by atoms with Gasteiger partial charge < -0.3 is 5.11 Å². The number of halogens is 1. The lowest BCUT2D eigenvalue weighted by Gasteiger charge is -2.02. The number of carboxylic acid groups (broad SMARTS) is 1. The fourth-order valence-corrected chi connectivity index (χ4v) is 2.51. The number of hydrogen-bond acceptors (Lipinski definition) is 2. The van der Waals surface area contributed by atoms with Crippen LogP contribution >= 0.6 is 11.6 Å². The highest BCUT2D eigenvalue weighted by Gasteiger charge is 2.06. The molecule has 0 bridgehead atoms. The first kappa shape index (κ1) is 16.0. The van der Waals surface area contributed by atoms with Crippen molar-refractivity contribution in [2.24, 2.45) is 4.99 Å². The second-order valence-corrected chi connectivity index (χ2v) is 5.62. The zero-order valence-electron chi connectivity index (χ0n) is 12.7. The third-order valence-electron chi connectivity index (χ3n) is 3.57. The van der Waals surface area contributed by atoms with Gasteiger partial charge in [-0.25, -0.2) is 4.79 Å². The lowest BCUT2D eigenvalue weighted by Crippen LogP contribution is -1.94. The first-order chi connectivity index (χ1) is 11.6. The van der Waals surface area contributed by atoms with Gasteiger partial charge >= 0.3 is 5.97 Å². The Morgan fingerprint density at radius 3 is 2.21 bits per heavy atom. The van der Waals surface area contributed by atoms with Crippen LogP contribution in [0.1, 0.15) is 15.9 Å². The molecule has 1 N–H and O–H groups in total. The predicted molar refractivity (Wildman–Crippen MR) is 97.5 cm³/mol. The molecule has 4 heteroatoms. The average Bonchev–Trinajstić information content (AvgIpc) is 2.62. The second kappa shape index (κ2) is 7.11. The predicted octanol–water partition coefficient (Wildman–Crippen LogP) is 5.46. The van der Waals surface area contributed by atoms with Crippen LogP contribution < -0.4 is 0 Å². The lowest BCUT2D eigenvalue weighted by molar-refractivity contribution is 0.0697. The highest BCUT2D eigenvalue weighted by molar-refractivity contribution is 6.33. The summed E-state index contributed by atoms with van der Waals surface area (Å²) in [5.74, 6) is -1.01. The smallest absolute Gasteiger partial charge is 0.335 e. The Bertz CT molecular complexity index is 887. The normalized spacial score (nSPS) is 10.9. The number of rotatable bonds is 4. The third-order valence-corrected chi connectivity index (χ3v) is 3.87. The Labute approximate surface area is 144 Å². The Morgan fingerprint density at radius 1 is 0.917 bits per heavy atom. The first-order valence-electron chi connectivity index (χ1n) is 7.36. The van der Waals surface area contributed by atoms with E-state index in [1.807, 2.05) is 42.5 Å². The monoisotopic (exact) mass is 335 g/mol. The van der Waals surface area contributed by atoms with E-state index in [2.05, 4.69) is 17.1 Å². The van der Waals surface area contributed by atoms with Gasteiger partial charge in [0.1, 0.15) is 0 Å². The maximum absolute atomic E-state index is 10.9. The van der Waals surface area contributed by atoms with Crippen molar-refractivity contribution in [1.29, 1.82) is 0 Å². The van der Waals surface area contributed by atoms with Crippen LogP contribution in [-0.4, -0.2) is 17.3 Å². The van der Waals surface area contributed by atoms with E-state index in [4.69, 9.17) is 16.7 Å². The number of aromatic carboxylic acids is 1. The van der Waals surface area contributed by atoms with E-state index in [1.54, 1.807) is 12.3 Å². The molecule has 0 heterocycles. The van der Waals surface area contributed by atoms with Crippen molar-refractivity contribution in [3.05, 3.63) is 88.9 Å². The lowest BCUT2D eigenvalue weighted by atomic mass is 10.0. The van der Waals surface area contributed by atoms with E-state index in [0.717, 1.165) is 16.7 Å². The fourth-order valence-electron chi connectivity index (χ4n) is 2.28. The van der Waals surface area contributed by atoms with Crippen molar-refractivity contribution in [2.75, 3.05) is 0 Å². The molecule has 24 heavy (non-hydrogen) atoms. The molecule has 0 aliphatic heterocycles. The Hall–Kier alpha value is -2.91. The molecule has 3 nitrogen and oxygen atoms in total. The van der Waals surface area contributed by atoms with Gasteiger partial charge in [-0.3, -0.25) is 4.99 Å². The molecular formula is C20H14ClNO2. The van der Waals surface area contributed by atoms with Crippen LogP contribution in [0.5, 0.6) is 0 Å². The molecule has 0 fully saturated rings. The molecule has 0 aliphatic rings. The Morgan fingerprint density at radius 2 is 1.58 bits per heavy atom. The fraction of sp³-hybridized carbons (Fsp3) is 0. The van der Waals surface area contributed by atoms with Gasteiger partial charge in [0.05, 0.1) is 16.3 Å². The van der Waals surface area contributed by atoms with E-state index >= 15 is 0 Å². The van der Waals surface area contributed by atoms with Crippen molar-refractivity contribution < 1.29 is 9.90 Å². The van der Waals surface area contributed by atoms with Gasteiger partial charge in [0.25, 0.3) is 0 Å². The molecule has 118 valence electrons. The minimum Gasteiger partial charge on any atom is -0.478 e. The number of carboxylic acids is 1. The van der Waals surface area contributed by atoms with Crippen LogP contribution in [-0.2, 0) is 0 Å². The molecule has 3 aromatic carbocycles. The van der Waals surface area contributed by atoms with Crippen LogP contribution in [0.2, 0.25) is 5.02 Å². The average molecular weight is 336 g/mol. The molecule has 0 amide bonds. The quantitative estimate of drug-likeness (QED) is 0.644. The standard InChI is InChI=1S/C20H14ClNO2/c21-18-12-17(20(23)24)10-11-19(18)22-13-14-6-8-16(9-7-14)15-4-2-1-3-5-15/h1-13H,(H,23,24). The molecule has 0 atom stereocenters. The number of benzene rings is 3. The molecular weight excluding hydrogens is 322 g/mol. The van der Waals surface area contributed by atoms with Gasteiger partial charge in [0.2, 0.25) is 0 Å². The van der Waals surface area contributed by atoms with E-state index in [1.165, 1.54) is 12.1 Å². The van der Waals surface area contributed by atoms with Crippen LogP contribution in [0.25, 0.3) is 11.1 Å². The summed E-state index contributed by atoms with van der Waals surface area (Å²) >= 11 is 6.07. The third kappa shape index (κ3) is 3.70. The zero-order chi connectivity index (χ0) is 16.9. The molecule has 0 saturated carbocycles. The molecule has 0 unspecified atom stereocenters. The number of nitrogens with zero attached hydrogens (tertiary/aromatic N) is 1. The van der Waals surface area contributed by atoms with Crippen molar-refractivity contribution in [3.63, 3.8) is 0 Å². The Kier molecular flexibility index (Phi) is 4.73. The summed E-state index contributed by atoms with van der Waals surface area (Å²) in [6.07, 6.45) is 1.70. The SMILES string of the molecule is O=C(O)c1ccc(N=Cc2ccc(-c3ccccc3)cc2)c(Cl)c1. The van der Waals surface area contributed by atoms with Gasteiger partial charge in [0.15, 0.2) is 0 Å². The van der Waals surface area contributed by atoms with Crippen LogP contribution in [0, 0.1) is 0 Å². The molecule has 0 spiro atoms. The molecule has 0 aromatic heterocycles. The summed E-state index contributed by atoms with van der Waals surface area (Å²) in [5, 5.41) is 9.24. The molecule has 3 rings (SSSR count). The summed E-state index contributed by atoms with van der Waals surface area (Å²) in [7, 11) is 0. The van der Waals surface area contributed by atoms with Crippen molar-refractivity contribution in [1.82, 2.24) is 0 Å². The maximum Gasteiger partial charge on any atom is 0.335 e. The van der Waals surface area contributed by atoms with Crippen LogP contribution in [0.3, 0.4) is 0 Å². The van der Waals surface area contributed by atoms with E-state index in [9.17, 15) is 4.79 Å². The van der Waals surface area contributed by atoms with Gasteiger partial charge in [-0.15, -0.1) is 0 Å². The van der Waals surface area contributed by atoms with Crippen molar-refractivity contribution in [2.45, 2.75) is 0 Å². The van der Waals surface area contributed by atoms with Crippen LogP contribution in [0.4, 0.5) is 5.69 Å². The topological polar surface area (TPSA) is 49.7 Å². The molecule has 0 radical (unpaired) electrons. The summed E-state index contributed by atoms with van der Waals surface area (Å²) in [5.41, 5.74) is 3.91. The summed E-state index contributed by atoms with van der Waals surface area (Å²) in [6, 6.07) is 22.6. The van der Waals surface area contributed by atoms with Crippen LogP contribution in [0.15, 0.2) is 77.8 Å². The van der Waals surface area contributed by atoms with E-state index < -0.39 is 5.97 Å². The largest absolute Gasteiger partial charge is 0.478 e. The summed E-state index contributed by atoms with van der Waals surface area (Å²) in [6.45, 7) is 0. The number of aliphatic imine (C=N–C) groups is 1. The molecule has 3 aromatic rings. The maximum atomic E-state index is 10.9. The van der Waals surface area contributed by atoms with E-state index in [0.29, 0.717) is 10.7 Å². The van der Waals surface area contributed by atoms with Crippen molar-refractivity contribution >= 4 is 29.5 Å². The zero-order valence-corrected chi connectivity index (χ0v) is 13.4. The van der Waals surface area contributed by atoms with Crippen molar-refractivity contribution in [3.8, 4) is 11.1 Å². The molecule has 0 saturated heterocycles. The summed E-state index contributed by atoms with van der Waals surface area (Å²) < 4.78 is 0. The minimum absolute atomic E-state index is 0.145. The molecule has 0 aliphatic carbocycles.